The summed E-state index contributed by atoms with van der Waals surface area (Å²) >= 11 is 1.17. The summed E-state index contributed by atoms with van der Waals surface area (Å²) in [5, 5.41) is 8.31. The number of nitrogens with zero attached hydrogens (tertiary/aromatic N) is 4. The van der Waals surface area contributed by atoms with E-state index in [0.717, 1.165) is 0 Å². The number of thioether (sulfide) groups is 1. The predicted octanol–water partition coefficient (Wildman–Crippen LogP) is 1.97. The lowest BCUT2D eigenvalue weighted by Gasteiger charge is -2.33. The molecule has 3 heterocycles. The molecule has 1 atom stereocenters. The number of amides is 2. The second-order valence-corrected chi connectivity index (χ2v) is 7.55. The molecule has 1 fully saturated rings. The molecule has 0 unspecified atom stereocenters. The summed E-state index contributed by atoms with van der Waals surface area (Å²) in [6.45, 7) is 4.24. The molecule has 11 heteroatoms. The third-order valence-electron chi connectivity index (χ3n) is 4.68. The number of fused-ring (bicyclic) bond motifs is 1. The molecule has 0 N–H and O–H groups in total. The SMILES string of the molecule is CCOC(=O)N1CCN(C(=O)CSc2nnc([C@@H]3COc4ccccc4O3)o2)CC1. The van der Waals surface area contributed by atoms with Crippen LogP contribution in [0.15, 0.2) is 33.9 Å². The molecule has 2 aromatic rings. The number of benzene rings is 1. The van der Waals surface area contributed by atoms with Gasteiger partial charge >= 0.3 is 6.09 Å². The summed E-state index contributed by atoms with van der Waals surface area (Å²) in [5.74, 6) is 1.73. The highest BCUT2D eigenvalue weighted by Crippen LogP contribution is 2.35. The predicted molar refractivity (Wildman–Crippen MR) is 106 cm³/mol. The molecular formula is C19H22N4O6S. The first-order valence-corrected chi connectivity index (χ1v) is 10.7. The molecule has 2 amide bonds. The average Bonchev–Trinajstić information content (AvgIpc) is 3.26. The number of carbonyl (C=O) groups is 2. The molecule has 0 spiro atoms. The van der Waals surface area contributed by atoms with Crippen LogP contribution in [-0.2, 0) is 9.53 Å². The highest BCUT2D eigenvalue weighted by molar-refractivity contribution is 7.99. The standard InChI is InChI=1S/C19H22N4O6S/c1-2-26-19(25)23-9-7-22(8-10-23)16(24)12-30-18-21-20-17(29-18)15-11-27-13-5-3-4-6-14(13)28-15/h3-6,15H,2,7-12H2,1H3/t15-/m0/s1. The minimum absolute atomic E-state index is 0.0468. The van der Waals surface area contributed by atoms with Gasteiger partial charge in [-0.05, 0) is 19.1 Å². The fourth-order valence-corrected chi connectivity index (χ4v) is 3.79. The molecule has 10 nitrogen and oxygen atoms in total. The van der Waals surface area contributed by atoms with Gasteiger partial charge in [0.2, 0.25) is 12.0 Å². The van der Waals surface area contributed by atoms with Crippen LogP contribution in [0, 0.1) is 0 Å². The largest absolute Gasteiger partial charge is 0.485 e. The second kappa shape index (κ2) is 9.24. The summed E-state index contributed by atoms with van der Waals surface area (Å²) in [4.78, 5) is 27.5. The number of ether oxygens (including phenoxy) is 3. The molecule has 2 aliphatic heterocycles. The summed E-state index contributed by atoms with van der Waals surface area (Å²) in [7, 11) is 0. The van der Waals surface area contributed by atoms with E-state index >= 15 is 0 Å². The maximum atomic E-state index is 12.5. The molecule has 1 aromatic carbocycles. The Hall–Kier alpha value is -2.95. The van der Waals surface area contributed by atoms with E-state index < -0.39 is 6.10 Å². The molecule has 0 bridgehead atoms. The summed E-state index contributed by atoms with van der Waals surface area (Å²) in [5.41, 5.74) is 0. The van der Waals surface area contributed by atoms with Crippen molar-refractivity contribution in [2.45, 2.75) is 18.3 Å². The van der Waals surface area contributed by atoms with E-state index in [0.29, 0.717) is 55.4 Å². The quantitative estimate of drug-likeness (QED) is 0.653. The summed E-state index contributed by atoms with van der Waals surface area (Å²) < 4.78 is 22.1. The number of hydrogen-bond acceptors (Lipinski definition) is 9. The van der Waals surface area contributed by atoms with Crippen LogP contribution in [0.25, 0.3) is 0 Å². The first-order chi connectivity index (χ1) is 14.6. The topological polar surface area (TPSA) is 107 Å². The van der Waals surface area contributed by atoms with Crippen LogP contribution < -0.4 is 9.47 Å². The van der Waals surface area contributed by atoms with E-state index in [9.17, 15) is 9.59 Å². The lowest BCUT2D eigenvalue weighted by Crippen LogP contribution is -2.51. The second-order valence-electron chi connectivity index (χ2n) is 6.63. The van der Waals surface area contributed by atoms with Gasteiger partial charge < -0.3 is 28.4 Å². The fraction of sp³-hybridized carbons (Fsp3) is 0.474. The van der Waals surface area contributed by atoms with Gasteiger partial charge in [0.15, 0.2) is 11.5 Å². The van der Waals surface area contributed by atoms with Crippen LogP contribution in [0.2, 0.25) is 0 Å². The molecule has 1 aromatic heterocycles. The molecular weight excluding hydrogens is 412 g/mol. The molecule has 0 aliphatic carbocycles. The maximum Gasteiger partial charge on any atom is 0.409 e. The van der Waals surface area contributed by atoms with E-state index in [4.69, 9.17) is 18.6 Å². The van der Waals surface area contributed by atoms with Crippen LogP contribution in [0.3, 0.4) is 0 Å². The van der Waals surface area contributed by atoms with Gasteiger partial charge in [0.05, 0.1) is 12.4 Å². The molecule has 0 saturated carbocycles. The Morgan fingerprint density at radius 1 is 1.13 bits per heavy atom. The van der Waals surface area contributed by atoms with Crippen LogP contribution in [-0.4, -0.2) is 77.1 Å². The lowest BCUT2D eigenvalue weighted by atomic mass is 10.2. The molecule has 2 aliphatic rings. The number of aromatic nitrogens is 2. The van der Waals surface area contributed by atoms with E-state index in [1.807, 2.05) is 24.3 Å². The Balaban J connectivity index is 1.25. The lowest BCUT2D eigenvalue weighted by molar-refractivity contribution is -0.129. The first-order valence-electron chi connectivity index (χ1n) is 9.68. The van der Waals surface area contributed by atoms with E-state index in [2.05, 4.69) is 10.2 Å². The third-order valence-corrected chi connectivity index (χ3v) is 5.49. The van der Waals surface area contributed by atoms with Crippen LogP contribution in [0.1, 0.15) is 18.9 Å². The van der Waals surface area contributed by atoms with Gasteiger partial charge in [0.1, 0.15) is 6.61 Å². The van der Waals surface area contributed by atoms with Crippen LogP contribution in [0.5, 0.6) is 11.5 Å². The van der Waals surface area contributed by atoms with E-state index in [-0.39, 0.29) is 24.4 Å². The molecule has 30 heavy (non-hydrogen) atoms. The van der Waals surface area contributed by atoms with Crippen molar-refractivity contribution in [1.29, 1.82) is 0 Å². The monoisotopic (exact) mass is 434 g/mol. The number of carbonyl (C=O) groups excluding carboxylic acids is 2. The van der Waals surface area contributed by atoms with Gasteiger partial charge in [-0.3, -0.25) is 4.79 Å². The highest BCUT2D eigenvalue weighted by Gasteiger charge is 2.28. The number of piperazine rings is 1. The Kier molecular flexibility index (Phi) is 6.26. The van der Waals surface area contributed by atoms with E-state index in [1.54, 1.807) is 16.7 Å². The maximum absolute atomic E-state index is 12.5. The van der Waals surface area contributed by atoms with Gasteiger partial charge in [-0.2, -0.15) is 0 Å². The third kappa shape index (κ3) is 4.61. The zero-order chi connectivity index (χ0) is 20.9. The molecule has 160 valence electrons. The van der Waals surface area contributed by atoms with Crippen LogP contribution in [0.4, 0.5) is 4.79 Å². The number of rotatable bonds is 5. The Morgan fingerprint density at radius 3 is 2.63 bits per heavy atom. The van der Waals surface area contributed by atoms with Crippen molar-refractivity contribution in [3.63, 3.8) is 0 Å². The fourth-order valence-electron chi connectivity index (χ4n) is 3.12. The normalized spacial score (nSPS) is 18.2. The van der Waals surface area contributed by atoms with Gasteiger partial charge in [0, 0.05) is 26.2 Å². The Bertz CT molecular complexity index is 899. The number of hydrogen-bond donors (Lipinski definition) is 0. The molecule has 1 saturated heterocycles. The van der Waals surface area contributed by atoms with Gasteiger partial charge in [-0.25, -0.2) is 4.79 Å². The van der Waals surface area contributed by atoms with Crippen molar-refractivity contribution in [2.75, 3.05) is 45.1 Å². The summed E-state index contributed by atoms with van der Waals surface area (Å²) in [6.07, 6.45) is -0.831. The van der Waals surface area contributed by atoms with Crippen molar-refractivity contribution < 1.29 is 28.2 Å². The minimum atomic E-state index is -0.492. The molecule has 4 rings (SSSR count). The zero-order valence-electron chi connectivity index (χ0n) is 16.5. The van der Waals surface area contributed by atoms with Crippen molar-refractivity contribution >= 4 is 23.8 Å². The van der Waals surface area contributed by atoms with Gasteiger partial charge in [0.25, 0.3) is 11.1 Å². The van der Waals surface area contributed by atoms with Crippen LogP contribution >= 0.6 is 11.8 Å². The first kappa shape index (κ1) is 20.3. The Labute approximate surface area is 177 Å². The van der Waals surface area contributed by atoms with Crippen molar-refractivity contribution in [1.82, 2.24) is 20.0 Å². The van der Waals surface area contributed by atoms with Crippen molar-refractivity contribution in [3.05, 3.63) is 30.2 Å². The molecule has 0 radical (unpaired) electrons. The zero-order valence-corrected chi connectivity index (χ0v) is 17.3. The van der Waals surface area contributed by atoms with Gasteiger partial charge in [-0.1, -0.05) is 23.9 Å². The smallest absolute Gasteiger partial charge is 0.409 e. The van der Waals surface area contributed by atoms with Gasteiger partial charge in [-0.15, -0.1) is 10.2 Å². The summed E-state index contributed by atoms with van der Waals surface area (Å²) in [6, 6.07) is 7.38. The minimum Gasteiger partial charge on any atom is -0.485 e. The highest BCUT2D eigenvalue weighted by atomic mass is 32.2. The average molecular weight is 434 g/mol. The van der Waals surface area contributed by atoms with Crippen molar-refractivity contribution in [3.8, 4) is 11.5 Å². The Morgan fingerprint density at radius 2 is 1.87 bits per heavy atom. The van der Waals surface area contributed by atoms with Crippen molar-refractivity contribution in [2.24, 2.45) is 0 Å². The number of para-hydroxylation sites is 2. The van der Waals surface area contributed by atoms with E-state index in [1.165, 1.54) is 11.8 Å².